The second-order valence-electron chi connectivity index (χ2n) is 3.82. The summed E-state index contributed by atoms with van der Waals surface area (Å²) in [6.07, 6.45) is 0.270. The summed E-state index contributed by atoms with van der Waals surface area (Å²) in [7, 11) is 0. The Morgan fingerprint density at radius 2 is 2.12 bits per heavy atom. The number of benzene rings is 1. The van der Waals surface area contributed by atoms with Crippen molar-refractivity contribution < 1.29 is 9.59 Å². The summed E-state index contributed by atoms with van der Waals surface area (Å²) in [4.78, 5) is 25.6. The van der Waals surface area contributed by atoms with Crippen LogP contribution in [0.15, 0.2) is 29.2 Å². The first-order chi connectivity index (χ1) is 8.13. The van der Waals surface area contributed by atoms with Crippen molar-refractivity contribution in [2.45, 2.75) is 23.5 Å². The highest BCUT2D eigenvalue weighted by molar-refractivity contribution is 8.00. The van der Waals surface area contributed by atoms with E-state index >= 15 is 0 Å². The van der Waals surface area contributed by atoms with E-state index < -0.39 is 0 Å². The molecule has 1 fully saturated rings. The number of nitrogens with two attached hydrogens (primary N) is 1. The van der Waals surface area contributed by atoms with Gasteiger partial charge in [-0.05, 0) is 19.1 Å². The van der Waals surface area contributed by atoms with Gasteiger partial charge < -0.3 is 5.73 Å². The standard InChI is InChI=1S/C12H14N2O2S/c1-2-14-11(15)7-10(12(14)16)17-9-6-4-3-5-8(9)13/h3-6,10H,2,7,13H2,1H3/t10-/m1/s1. The molecule has 0 unspecified atom stereocenters. The Hall–Kier alpha value is -1.49. The highest BCUT2D eigenvalue weighted by Gasteiger charge is 2.38. The number of hydrogen-bond acceptors (Lipinski definition) is 4. The summed E-state index contributed by atoms with van der Waals surface area (Å²) < 4.78 is 0. The number of hydrogen-bond donors (Lipinski definition) is 1. The number of carbonyl (C=O) groups excluding carboxylic acids is 2. The lowest BCUT2D eigenvalue weighted by Crippen LogP contribution is -2.30. The third-order valence-corrected chi connectivity index (χ3v) is 3.99. The van der Waals surface area contributed by atoms with Crippen LogP contribution in [-0.4, -0.2) is 28.5 Å². The van der Waals surface area contributed by atoms with Crippen molar-refractivity contribution in [3.05, 3.63) is 24.3 Å². The van der Waals surface area contributed by atoms with E-state index in [9.17, 15) is 9.59 Å². The summed E-state index contributed by atoms with van der Waals surface area (Å²) in [6.45, 7) is 2.25. The minimum atomic E-state index is -0.327. The van der Waals surface area contributed by atoms with E-state index in [-0.39, 0.29) is 23.5 Å². The first-order valence-corrected chi connectivity index (χ1v) is 6.36. The molecule has 1 aromatic rings. The quantitative estimate of drug-likeness (QED) is 0.652. The molecule has 2 rings (SSSR count). The number of imide groups is 1. The van der Waals surface area contributed by atoms with Gasteiger partial charge in [0, 0.05) is 23.5 Å². The molecule has 4 nitrogen and oxygen atoms in total. The molecule has 90 valence electrons. The smallest absolute Gasteiger partial charge is 0.243 e. The molecular formula is C12H14N2O2S. The molecular weight excluding hydrogens is 236 g/mol. The molecule has 1 aromatic carbocycles. The summed E-state index contributed by atoms with van der Waals surface area (Å²) >= 11 is 1.37. The molecule has 0 saturated carbocycles. The summed E-state index contributed by atoms with van der Waals surface area (Å²) in [6, 6.07) is 7.38. The Kier molecular flexibility index (Phi) is 3.38. The number of rotatable bonds is 3. The molecule has 1 aliphatic heterocycles. The third kappa shape index (κ3) is 2.29. The first kappa shape index (κ1) is 12.0. The minimum absolute atomic E-state index is 0.0931. The van der Waals surface area contributed by atoms with Crippen LogP contribution in [0.3, 0.4) is 0 Å². The van der Waals surface area contributed by atoms with Crippen molar-refractivity contribution in [2.24, 2.45) is 0 Å². The van der Waals surface area contributed by atoms with Crippen LogP contribution in [0, 0.1) is 0 Å². The molecule has 0 aliphatic carbocycles. The van der Waals surface area contributed by atoms with Gasteiger partial charge in [0.1, 0.15) is 0 Å². The van der Waals surface area contributed by atoms with Crippen LogP contribution in [0.25, 0.3) is 0 Å². The van der Waals surface area contributed by atoms with Crippen LogP contribution in [-0.2, 0) is 9.59 Å². The fourth-order valence-electron chi connectivity index (χ4n) is 1.82. The summed E-state index contributed by atoms with van der Waals surface area (Å²) in [5, 5.41) is -0.327. The predicted molar refractivity (Wildman–Crippen MR) is 67.5 cm³/mol. The number of thioether (sulfide) groups is 1. The molecule has 2 N–H and O–H groups in total. The minimum Gasteiger partial charge on any atom is -0.398 e. The zero-order chi connectivity index (χ0) is 12.4. The van der Waals surface area contributed by atoms with Gasteiger partial charge in [-0.2, -0.15) is 0 Å². The molecule has 5 heteroatoms. The maximum Gasteiger partial charge on any atom is 0.243 e. The van der Waals surface area contributed by atoms with Crippen molar-refractivity contribution >= 4 is 29.3 Å². The van der Waals surface area contributed by atoms with Crippen LogP contribution < -0.4 is 5.73 Å². The van der Waals surface area contributed by atoms with Crippen molar-refractivity contribution in [1.82, 2.24) is 4.90 Å². The largest absolute Gasteiger partial charge is 0.398 e. The van der Waals surface area contributed by atoms with E-state index in [4.69, 9.17) is 5.73 Å². The number of carbonyl (C=O) groups is 2. The van der Waals surface area contributed by atoms with Gasteiger partial charge in [0.25, 0.3) is 0 Å². The molecule has 17 heavy (non-hydrogen) atoms. The molecule has 1 saturated heterocycles. The van der Waals surface area contributed by atoms with Gasteiger partial charge in [-0.15, -0.1) is 11.8 Å². The van der Waals surface area contributed by atoms with Crippen LogP contribution >= 0.6 is 11.8 Å². The number of likely N-dealkylation sites (tertiary alicyclic amines) is 1. The average Bonchev–Trinajstić information content (AvgIpc) is 2.57. The van der Waals surface area contributed by atoms with Crippen LogP contribution in [0.1, 0.15) is 13.3 Å². The zero-order valence-electron chi connectivity index (χ0n) is 9.55. The highest BCUT2D eigenvalue weighted by Crippen LogP contribution is 2.34. The third-order valence-electron chi connectivity index (χ3n) is 2.71. The van der Waals surface area contributed by atoms with E-state index in [1.165, 1.54) is 16.7 Å². The molecule has 1 heterocycles. The second-order valence-corrected chi connectivity index (χ2v) is 5.07. The van der Waals surface area contributed by atoms with Gasteiger partial charge in [-0.3, -0.25) is 14.5 Å². The van der Waals surface area contributed by atoms with E-state index in [0.717, 1.165) is 4.90 Å². The fraction of sp³-hybridized carbons (Fsp3) is 0.333. The second kappa shape index (κ2) is 4.79. The Balaban J connectivity index is 2.14. The predicted octanol–water partition coefficient (Wildman–Crippen LogP) is 1.51. The molecule has 0 spiro atoms. The van der Waals surface area contributed by atoms with Crippen molar-refractivity contribution in [3.8, 4) is 0 Å². The lowest BCUT2D eigenvalue weighted by atomic mass is 10.3. The Bertz CT molecular complexity index is 462. The van der Waals surface area contributed by atoms with Crippen molar-refractivity contribution in [3.63, 3.8) is 0 Å². The highest BCUT2D eigenvalue weighted by atomic mass is 32.2. The average molecular weight is 250 g/mol. The fourth-order valence-corrected chi connectivity index (χ4v) is 2.94. The van der Waals surface area contributed by atoms with Gasteiger partial charge in [0.15, 0.2) is 0 Å². The number of nitrogen functional groups attached to an aromatic ring is 1. The maximum atomic E-state index is 11.9. The van der Waals surface area contributed by atoms with E-state index in [1.54, 1.807) is 13.0 Å². The molecule has 0 radical (unpaired) electrons. The Morgan fingerprint density at radius 3 is 2.71 bits per heavy atom. The summed E-state index contributed by atoms with van der Waals surface area (Å²) in [5.41, 5.74) is 6.46. The molecule has 1 atom stereocenters. The van der Waals surface area contributed by atoms with Crippen LogP contribution in [0.5, 0.6) is 0 Å². The number of amides is 2. The van der Waals surface area contributed by atoms with Crippen molar-refractivity contribution in [2.75, 3.05) is 12.3 Å². The number of anilines is 1. The summed E-state index contributed by atoms with van der Waals surface area (Å²) in [5.74, 6) is -0.199. The Labute approximate surface area is 104 Å². The van der Waals surface area contributed by atoms with Crippen LogP contribution in [0.4, 0.5) is 5.69 Å². The van der Waals surface area contributed by atoms with E-state index in [2.05, 4.69) is 0 Å². The van der Waals surface area contributed by atoms with Gasteiger partial charge in [0.2, 0.25) is 11.8 Å². The SMILES string of the molecule is CCN1C(=O)C[C@@H](Sc2ccccc2N)C1=O. The van der Waals surface area contributed by atoms with Gasteiger partial charge in [-0.1, -0.05) is 12.1 Å². The van der Waals surface area contributed by atoms with Gasteiger partial charge in [-0.25, -0.2) is 0 Å². The lowest BCUT2D eigenvalue weighted by molar-refractivity contribution is -0.137. The van der Waals surface area contributed by atoms with E-state index in [1.807, 2.05) is 18.2 Å². The lowest BCUT2D eigenvalue weighted by Gasteiger charge is -2.12. The van der Waals surface area contributed by atoms with Crippen LogP contribution in [0.2, 0.25) is 0 Å². The topological polar surface area (TPSA) is 63.4 Å². The maximum absolute atomic E-state index is 11.9. The number of para-hydroxylation sites is 1. The first-order valence-electron chi connectivity index (χ1n) is 5.49. The van der Waals surface area contributed by atoms with Crippen molar-refractivity contribution in [1.29, 1.82) is 0 Å². The molecule has 1 aliphatic rings. The van der Waals surface area contributed by atoms with E-state index in [0.29, 0.717) is 12.2 Å². The monoisotopic (exact) mass is 250 g/mol. The van der Waals surface area contributed by atoms with Gasteiger partial charge >= 0.3 is 0 Å². The number of nitrogens with zero attached hydrogens (tertiary/aromatic N) is 1. The molecule has 2 amide bonds. The molecule has 0 bridgehead atoms. The normalized spacial score (nSPS) is 20.1. The Morgan fingerprint density at radius 1 is 1.41 bits per heavy atom. The zero-order valence-corrected chi connectivity index (χ0v) is 10.4. The molecule has 0 aromatic heterocycles. The van der Waals surface area contributed by atoms with Gasteiger partial charge in [0.05, 0.1) is 5.25 Å².